The number of methoxy groups -OCH3 is 1. The highest BCUT2D eigenvalue weighted by molar-refractivity contribution is 9.10. The number of benzene rings is 2. The van der Waals surface area contributed by atoms with Crippen molar-refractivity contribution >= 4 is 50.2 Å². The third-order valence-corrected chi connectivity index (χ3v) is 5.79. The molecule has 0 unspecified atom stereocenters. The first kappa shape index (κ1) is 20.0. The number of aromatic nitrogens is 2. The largest absolute Gasteiger partial charge is 0.495 e. The third kappa shape index (κ3) is 3.81. The van der Waals surface area contributed by atoms with Crippen LogP contribution >= 0.6 is 27.5 Å². The highest BCUT2D eigenvalue weighted by atomic mass is 79.9. The summed E-state index contributed by atoms with van der Waals surface area (Å²) in [6.45, 7) is 6.47. The molecule has 0 saturated carbocycles. The topological polar surface area (TPSA) is 39.1 Å². The first-order valence-electron chi connectivity index (χ1n) is 9.16. The van der Waals surface area contributed by atoms with Crippen LogP contribution in [-0.4, -0.2) is 16.7 Å². The first-order valence-corrected chi connectivity index (χ1v) is 10.3. The quantitative estimate of drug-likeness (QED) is 0.441. The maximum absolute atomic E-state index is 6.17. The number of fused-ring (bicyclic) bond motifs is 1. The van der Waals surface area contributed by atoms with Crippen LogP contribution in [0.25, 0.3) is 11.0 Å². The fraction of sp³-hybridized carbons (Fsp3) is 0.381. The molecule has 1 aromatic heterocycles. The number of hydrogen-bond donors (Lipinski definition) is 1. The molecule has 1 N–H and O–H groups in total. The Morgan fingerprint density at radius 2 is 1.93 bits per heavy atom. The van der Waals surface area contributed by atoms with Gasteiger partial charge in [0.2, 0.25) is 5.95 Å². The van der Waals surface area contributed by atoms with Gasteiger partial charge < -0.3 is 14.6 Å². The van der Waals surface area contributed by atoms with Crippen molar-refractivity contribution in [2.45, 2.75) is 39.5 Å². The van der Waals surface area contributed by atoms with E-state index in [-0.39, 0.29) is 0 Å². The van der Waals surface area contributed by atoms with Crippen LogP contribution in [0, 0.1) is 6.92 Å². The summed E-state index contributed by atoms with van der Waals surface area (Å²) >= 11 is 9.82. The van der Waals surface area contributed by atoms with Crippen molar-refractivity contribution in [2.75, 3.05) is 12.4 Å². The van der Waals surface area contributed by atoms with Crippen LogP contribution in [0.15, 0.2) is 28.7 Å². The summed E-state index contributed by atoms with van der Waals surface area (Å²) in [6.07, 6.45) is 2.19. The second kappa shape index (κ2) is 8.11. The molecule has 0 aliphatic rings. The second-order valence-corrected chi connectivity index (χ2v) is 8.15. The van der Waals surface area contributed by atoms with Crippen molar-refractivity contribution in [1.82, 2.24) is 9.55 Å². The molecule has 4 nitrogen and oxygen atoms in total. The van der Waals surface area contributed by atoms with E-state index < -0.39 is 0 Å². The van der Waals surface area contributed by atoms with Crippen molar-refractivity contribution in [3.63, 3.8) is 0 Å². The lowest BCUT2D eigenvalue weighted by Crippen LogP contribution is -2.04. The van der Waals surface area contributed by atoms with Gasteiger partial charge in [-0.05, 0) is 55.0 Å². The van der Waals surface area contributed by atoms with E-state index >= 15 is 0 Å². The molecule has 0 amide bonds. The number of nitrogens with one attached hydrogen (secondary N) is 1. The zero-order valence-corrected chi connectivity index (χ0v) is 18.7. The molecule has 0 spiro atoms. The number of rotatable bonds is 6. The molecule has 3 rings (SSSR count). The molecule has 6 heteroatoms. The Labute approximate surface area is 174 Å². The van der Waals surface area contributed by atoms with Gasteiger partial charge in [0.15, 0.2) is 0 Å². The lowest BCUT2D eigenvalue weighted by Gasteiger charge is -2.17. The Morgan fingerprint density at radius 1 is 1.22 bits per heavy atom. The number of halogens is 2. The highest BCUT2D eigenvalue weighted by Crippen LogP contribution is 2.37. The Morgan fingerprint density at radius 3 is 2.56 bits per heavy atom. The van der Waals surface area contributed by atoms with E-state index in [0.717, 1.165) is 40.0 Å². The Balaban J connectivity index is 2.15. The van der Waals surface area contributed by atoms with Gasteiger partial charge in [-0.15, -0.1) is 0 Å². The summed E-state index contributed by atoms with van der Waals surface area (Å²) < 4.78 is 8.70. The van der Waals surface area contributed by atoms with Crippen molar-refractivity contribution in [2.24, 2.45) is 7.05 Å². The van der Waals surface area contributed by atoms with Crippen LogP contribution < -0.4 is 10.1 Å². The number of aryl methyl sites for hydroxylation is 2. The summed E-state index contributed by atoms with van der Waals surface area (Å²) in [6, 6.07) is 8.02. The average molecular weight is 451 g/mol. The smallest absolute Gasteiger partial charge is 0.208 e. The Hall–Kier alpha value is -1.72. The first-order chi connectivity index (χ1) is 12.9. The molecular formula is C21H25BrClN3O. The maximum Gasteiger partial charge on any atom is 0.208 e. The fourth-order valence-electron chi connectivity index (χ4n) is 3.65. The SMILES string of the molecule is CCC(CC)c1cc(Br)cc2nc(Nc3c(C)cc(Cl)cc3OC)n(C)c12. The molecule has 1 heterocycles. The van der Waals surface area contributed by atoms with Crippen molar-refractivity contribution in [1.29, 1.82) is 0 Å². The molecule has 2 aromatic carbocycles. The van der Waals surface area contributed by atoms with E-state index in [0.29, 0.717) is 16.7 Å². The summed E-state index contributed by atoms with van der Waals surface area (Å²) in [7, 11) is 3.70. The van der Waals surface area contributed by atoms with Gasteiger partial charge >= 0.3 is 0 Å². The molecule has 0 aliphatic carbocycles. The van der Waals surface area contributed by atoms with Crippen LogP contribution in [0.4, 0.5) is 11.6 Å². The molecule has 0 bridgehead atoms. The van der Waals surface area contributed by atoms with E-state index in [1.165, 1.54) is 11.1 Å². The average Bonchev–Trinajstić information content (AvgIpc) is 2.93. The molecule has 27 heavy (non-hydrogen) atoms. The van der Waals surface area contributed by atoms with E-state index in [1.807, 2.05) is 19.1 Å². The van der Waals surface area contributed by atoms with E-state index in [1.54, 1.807) is 7.11 Å². The van der Waals surface area contributed by atoms with Gasteiger partial charge in [-0.2, -0.15) is 0 Å². The number of nitrogens with zero attached hydrogens (tertiary/aromatic N) is 2. The highest BCUT2D eigenvalue weighted by Gasteiger charge is 2.19. The van der Waals surface area contributed by atoms with Crippen LogP contribution in [0.2, 0.25) is 5.02 Å². The Bertz CT molecular complexity index is 979. The molecule has 144 valence electrons. The minimum Gasteiger partial charge on any atom is -0.495 e. The zero-order chi connectivity index (χ0) is 19.7. The molecule has 3 aromatic rings. The van der Waals surface area contributed by atoms with Crippen LogP contribution in [0.1, 0.15) is 43.7 Å². The lowest BCUT2D eigenvalue weighted by molar-refractivity contribution is 0.416. The van der Waals surface area contributed by atoms with Gasteiger partial charge in [0.05, 0.1) is 23.8 Å². The molecular weight excluding hydrogens is 426 g/mol. The third-order valence-electron chi connectivity index (χ3n) is 5.11. The maximum atomic E-state index is 6.17. The van der Waals surface area contributed by atoms with Gasteiger partial charge in [0.25, 0.3) is 0 Å². The minimum absolute atomic E-state index is 0.500. The summed E-state index contributed by atoms with van der Waals surface area (Å²) in [5.74, 6) is 1.98. The van der Waals surface area contributed by atoms with Crippen LogP contribution in [-0.2, 0) is 7.05 Å². The van der Waals surface area contributed by atoms with Gasteiger partial charge in [0, 0.05) is 22.6 Å². The summed E-state index contributed by atoms with van der Waals surface area (Å²) in [5, 5.41) is 4.10. The predicted molar refractivity (Wildman–Crippen MR) is 118 cm³/mol. The van der Waals surface area contributed by atoms with E-state index in [2.05, 4.69) is 58.8 Å². The van der Waals surface area contributed by atoms with Crippen molar-refractivity contribution < 1.29 is 4.74 Å². The second-order valence-electron chi connectivity index (χ2n) is 6.80. The summed E-state index contributed by atoms with van der Waals surface area (Å²) in [5.41, 5.74) is 5.35. The standard InChI is InChI=1S/C21H25BrClN3O/c1-6-13(7-2)16-9-14(22)10-17-20(16)26(4)21(24-17)25-19-12(3)8-15(23)11-18(19)27-5/h8-11,13H,6-7H2,1-5H3,(H,24,25). The normalized spacial score (nSPS) is 11.4. The van der Waals surface area contributed by atoms with Crippen LogP contribution in [0.3, 0.4) is 0 Å². The number of imidazole rings is 1. The fourth-order valence-corrected chi connectivity index (χ4v) is 4.37. The van der Waals surface area contributed by atoms with Crippen molar-refractivity contribution in [3.05, 3.63) is 44.9 Å². The Kier molecular flexibility index (Phi) is 6.02. The van der Waals surface area contributed by atoms with Gasteiger partial charge in [0.1, 0.15) is 5.75 Å². The lowest BCUT2D eigenvalue weighted by atomic mass is 9.93. The van der Waals surface area contributed by atoms with Crippen LogP contribution in [0.5, 0.6) is 5.75 Å². The molecule has 0 radical (unpaired) electrons. The van der Waals surface area contributed by atoms with E-state index in [9.17, 15) is 0 Å². The zero-order valence-electron chi connectivity index (χ0n) is 16.4. The molecule has 0 saturated heterocycles. The number of anilines is 2. The monoisotopic (exact) mass is 449 g/mol. The number of hydrogen-bond acceptors (Lipinski definition) is 3. The summed E-state index contributed by atoms with van der Waals surface area (Å²) in [4.78, 5) is 4.85. The van der Waals surface area contributed by atoms with Gasteiger partial charge in [-0.1, -0.05) is 41.4 Å². The molecule has 0 aliphatic heterocycles. The van der Waals surface area contributed by atoms with Crippen molar-refractivity contribution in [3.8, 4) is 5.75 Å². The van der Waals surface area contributed by atoms with Gasteiger partial charge in [-0.3, -0.25) is 0 Å². The van der Waals surface area contributed by atoms with E-state index in [4.69, 9.17) is 21.3 Å². The molecule has 0 fully saturated rings. The number of ether oxygens (including phenoxy) is 1. The minimum atomic E-state index is 0.500. The molecule has 0 atom stereocenters. The van der Waals surface area contributed by atoms with Gasteiger partial charge in [-0.25, -0.2) is 4.98 Å². The predicted octanol–water partition coefficient (Wildman–Crippen LogP) is 6.95.